The van der Waals surface area contributed by atoms with Crippen molar-refractivity contribution in [2.75, 3.05) is 44.9 Å². The quantitative estimate of drug-likeness (QED) is 0.0425. The fourth-order valence-electron chi connectivity index (χ4n) is 9.12. The standard InChI is InChI=1S/C50H56F8N10O9/c1-26-63-64-44(77-26)30-16-35(51)34(36(52)17-30)22-66(65-43(71)41(61-45(72)73)48(4,5)50(56,57)58)23-38(69)37(60-42(70)40(62-46(74)75-6)47(2,3)49(53,54)55)15-28-10-7-27(8-11-28)9-12-29-13-14-39(59-19-29)68-21-31-18-32(68)20-67(31)33-24-76-25-33/h7-8,10-11,13-14,16-17,19,31-33,37-38,40-41,61,69H,15,18,20-25H2,1-6H3,(H,60,70)(H,62,74)(H,65,71)(H,72,73)/t31-,32-,37?,38?,40?,41?/m1/s1. The van der Waals surface area contributed by atoms with Crippen LogP contribution in [0.4, 0.5) is 50.5 Å². The van der Waals surface area contributed by atoms with Crippen molar-refractivity contribution in [3.05, 3.63) is 94.5 Å². The highest BCUT2D eigenvalue weighted by atomic mass is 19.4. The Morgan fingerprint density at radius 3 is 1.95 bits per heavy atom. The minimum atomic E-state index is -5.25. The molecule has 6 N–H and O–H groups in total. The third kappa shape index (κ3) is 13.2. The predicted octanol–water partition coefficient (Wildman–Crippen LogP) is 5.24. The first-order chi connectivity index (χ1) is 36.1. The highest BCUT2D eigenvalue weighted by Gasteiger charge is 2.57. The topological polar surface area (TPSA) is 237 Å². The van der Waals surface area contributed by atoms with Gasteiger partial charge >= 0.3 is 24.5 Å². The number of aryl methyl sites for hydroxylation is 1. The lowest BCUT2D eigenvalue weighted by Gasteiger charge is -2.42. The summed E-state index contributed by atoms with van der Waals surface area (Å²) in [5.74, 6) is 0.666. The number of benzene rings is 2. The molecule has 0 spiro atoms. The fraction of sp³-hybridized carbons (Fsp3) is 0.500. The number of halogens is 8. The van der Waals surface area contributed by atoms with Crippen molar-refractivity contribution in [1.29, 1.82) is 0 Å². The van der Waals surface area contributed by atoms with Crippen LogP contribution in [0.3, 0.4) is 0 Å². The summed E-state index contributed by atoms with van der Waals surface area (Å²) in [6.07, 6.45) is -13.8. The number of hydrogen-bond donors (Lipinski definition) is 6. The minimum Gasteiger partial charge on any atom is -0.465 e. The number of likely N-dealkylation sites (tertiary alicyclic amines) is 1. The third-order valence-corrected chi connectivity index (χ3v) is 14.1. The molecule has 3 aliphatic heterocycles. The number of amides is 4. The normalized spacial score (nSPS) is 18.6. The maximum absolute atomic E-state index is 15.9. The van der Waals surface area contributed by atoms with Crippen LogP contribution in [0.5, 0.6) is 0 Å². The van der Waals surface area contributed by atoms with Crippen molar-refractivity contribution in [2.45, 2.75) is 109 Å². The van der Waals surface area contributed by atoms with Crippen molar-refractivity contribution < 1.29 is 78.4 Å². The average molecular weight is 1090 g/mol. The molecule has 2 aromatic heterocycles. The van der Waals surface area contributed by atoms with Gasteiger partial charge in [0.2, 0.25) is 17.7 Å². The number of methoxy groups -OCH3 is 1. The number of anilines is 1. The molecule has 3 aliphatic rings. The molecule has 6 atom stereocenters. The lowest BCUT2D eigenvalue weighted by Crippen LogP contribution is -2.63. The Kier molecular flexibility index (Phi) is 17.1. The van der Waals surface area contributed by atoms with Gasteiger partial charge in [-0.1, -0.05) is 24.0 Å². The van der Waals surface area contributed by atoms with E-state index in [-0.39, 0.29) is 17.3 Å². The number of alkyl halides is 6. The summed E-state index contributed by atoms with van der Waals surface area (Å²) >= 11 is 0. The van der Waals surface area contributed by atoms with Crippen LogP contribution in [-0.4, -0.2) is 154 Å². The number of aliphatic hydroxyl groups is 1. The number of aliphatic hydroxyl groups excluding tert-OH is 1. The monoisotopic (exact) mass is 1090 g/mol. The van der Waals surface area contributed by atoms with Gasteiger partial charge in [0.15, 0.2) is 0 Å². The van der Waals surface area contributed by atoms with Gasteiger partial charge in [0.05, 0.1) is 49.3 Å². The van der Waals surface area contributed by atoms with E-state index in [0.29, 0.717) is 67.5 Å². The molecule has 19 nitrogen and oxygen atoms in total. The molecule has 0 aliphatic carbocycles. The molecule has 416 valence electrons. The number of pyridine rings is 1. The van der Waals surface area contributed by atoms with Gasteiger partial charge in [-0.15, -0.1) is 10.2 Å². The van der Waals surface area contributed by atoms with Crippen LogP contribution in [0.1, 0.15) is 62.3 Å². The van der Waals surface area contributed by atoms with Gasteiger partial charge in [-0.05, 0) is 82.5 Å². The molecule has 2 bridgehead atoms. The van der Waals surface area contributed by atoms with Crippen LogP contribution < -0.4 is 26.3 Å². The molecule has 2 aromatic carbocycles. The smallest absolute Gasteiger partial charge is 0.407 e. The maximum Gasteiger partial charge on any atom is 0.407 e. The number of piperazine rings is 1. The number of hydrogen-bond acceptors (Lipinski definition) is 14. The molecule has 4 aromatic rings. The number of nitrogens with zero attached hydrogens (tertiary/aromatic N) is 6. The van der Waals surface area contributed by atoms with Crippen molar-refractivity contribution in [2.24, 2.45) is 10.8 Å². The Morgan fingerprint density at radius 2 is 1.44 bits per heavy atom. The molecule has 77 heavy (non-hydrogen) atoms. The number of rotatable bonds is 18. The second-order valence-electron chi connectivity index (χ2n) is 20.1. The molecule has 4 unspecified atom stereocenters. The van der Waals surface area contributed by atoms with Crippen molar-refractivity contribution in [3.8, 4) is 23.3 Å². The van der Waals surface area contributed by atoms with Crippen LogP contribution >= 0.6 is 0 Å². The summed E-state index contributed by atoms with van der Waals surface area (Å²) in [4.78, 5) is 61.4. The number of nitrogens with one attached hydrogen (secondary N) is 4. The Morgan fingerprint density at radius 1 is 0.831 bits per heavy atom. The van der Waals surface area contributed by atoms with E-state index in [0.717, 1.165) is 57.8 Å². The van der Waals surface area contributed by atoms with E-state index < -0.39 is 108 Å². The number of hydrazine groups is 1. The zero-order chi connectivity index (χ0) is 56.4. The fourth-order valence-corrected chi connectivity index (χ4v) is 9.12. The Labute approximate surface area is 436 Å². The van der Waals surface area contributed by atoms with Crippen LogP contribution in [0.15, 0.2) is 59.1 Å². The molecule has 0 radical (unpaired) electrons. The molecule has 0 saturated carbocycles. The van der Waals surface area contributed by atoms with Gasteiger partial charge in [-0.25, -0.2) is 28.4 Å². The van der Waals surface area contributed by atoms with Gasteiger partial charge in [0.1, 0.15) is 29.5 Å². The number of carbonyl (C=O) groups is 4. The molecular formula is C50H56F8N10O9. The van der Waals surface area contributed by atoms with E-state index in [1.165, 1.54) is 24.4 Å². The Balaban J connectivity index is 1.17. The van der Waals surface area contributed by atoms with E-state index in [4.69, 9.17) is 9.15 Å². The summed E-state index contributed by atoms with van der Waals surface area (Å²) in [5.41, 5.74) is -3.94. The number of aromatic nitrogens is 3. The summed E-state index contributed by atoms with van der Waals surface area (Å²) in [6.45, 7) is 4.71. The van der Waals surface area contributed by atoms with Crippen LogP contribution in [0.2, 0.25) is 0 Å². The molecule has 7 rings (SSSR count). The van der Waals surface area contributed by atoms with Gasteiger partial charge in [-0.3, -0.25) is 19.9 Å². The van der Waals surface area contributed by atoms with Gasteiger partial charge in [0.25, 0.3) is 5.91 Å². The third-order valence-electron chi connectivity index (χ3n) is 14.1. The number of alkyl carbamates (subject to hydrolysis) is 1. The van der Waals surface area contributed by atoms with Crippen molar-refractivity contribution >= 4 is 29.8 Å². The highest BCUT2D eigenvalue weighted by Crippen LogP contribution is 2.42. The van der Waals surface area contributed by atoms with E-state index >= 15 is 8.78 Å². The summed E-state index contributed by atoms with van der Waals surface area (Å²) in [7, 11) is 0.830. The maximum atomic E-state index is 15.9. The number of carbonyl (C=O) groups excluding carboxylic acids is 3. The van der Waals surface area contributed by atoms with E-state index in [2.05, 4.69) is 46.9 Å². The zero-order valence-corrected chi connectivity index (χ0v) is 42.4. The van der Waals surface area contributed by atoms with Crippen LogP contribution in [0, 0.1) is 41.2 Å². The van der Waals surface area contributed by atoms with E-state index in [1.54, 1.807) is 18.3 Å². The number of carboxylic acid groups (broad SMARTS) is 1. The average Bonchev–Trinajstić information content (AvgIpc) is 4.09. The molecule has 5 heterocycles. The predicted molar refractivity (Wildman–Crippen MR) is 256 cm³/mol. The number of fused-ring (bicyclic) bond motifs is 2. The molecule has 3 saturated heterocycles. The summed E-state index contributed by atoms with van der Waals surface area (Å²) in [5, 5.41) is 35.0. The van der Waals surface area contributed by atoms with Crippen molar-refractivity contribution in [3.63, 3.8) is 0 Å². The Hall–Kier alpha value is -7.15. The van der Waals surface area contributed by atoms with E-state index in [9.17, 15) is 55.7 Å². The van der Waals surface area contributed by atoms with Crippen molar-refractivity contribution in [1.82, 2.24) is 46.5 Å². The molecule has 4 amide bonds. The second-order valence-corrected chi connectivity index (χ2v) is 20.1. The van der Waals surface area contributed by atoms with Gasteiger partial charge < -0.3 is 45.0 Å². The molecule has 27 heteroatoms. The van der Waals surface area contributed by atoms with Crippen LogP contribution in [-0.2, 0) is 32.0 Å². The second kappa shape index (κ2) is 22.8. The largest absolute Gasteiger partial charge is 0.465 e. The SMILES string of the molecule is COC(=O)NC(C(=O)NC(Cc1ccc(C#Cc2ccc(N3C[C@H]4C[C@@H]3CN4C3COC3)nc2)cc1)C(O)CN(Cc1c(F)cc(-c2nnc(C)o2)cc1F)NC(=O)C(NC(=O)O)C(C)(C)C(F)(F)F)C(C)(C)C(F)(F)F. The lowest BCUT2D eigenvalue weighted by atomic mass is 9.82. The molecule has 3 fully saturated rings. The minimum absolute atomic E-state index is 0.0331. The van der Waals surface area contributed by atoms with Crippen LogP contribution in [0.25, 0.3) is 11.5 Å². The lowest BCUT2D eigenvalue weighted by molar-refractivity contribution is -0.221. The first-order valence-electron chi connectivity index (χ1n) is 24.0. The summed E-state index contributed by atoms with van der Waals surface area (Å²) in [6, 6.07) is 5.75. The molecular weight excluding hydrogens is 1040 g/mol. The summed E-state index contributed by atoms with van der Waals surface area (Å²) < 4.78 is 134. The number of ether oxygens (including phenoxy) is 2. The highest BCUT2D eigenvalue weighted by molar-refractivity contribution is 5.87. The Bertz CT molecular complexity index is 2830. The first-order valence-corrected chi connectivity index (χ1v) is 24.0. The zero-order valence-electron chi connectivity index (χ0n) is 42.4. The van der Waals surface area contributed by atoms with Gasteiger partial charge in [-0.2, -0.15) is 26.3 Å². The van der Waals surface area contributed by atoms with E-state index in [1.807, 2.05) is 22.9 Å². The first kappa shape index (κ1) is 57.6. The van der Waals surface area contributed by atoms with Gasteiger partial charge in [0, 0.05) is 73.6 Å².